The summed E-state index contributed by atoms with van der Waals surface area (Å²) in [4.78, 5) is 14.9. The summed E-state index contributed by atoms with van der Waals surface area (Å²) >= 11 is 0. The molecule has 0 saturated carbocycles. The average Bonchev–Trinajstić information content (AvgIpc) is 2.87. The van der Waals surface area contributed by atoms with Crippen molar-refractivity contribution in [1.82, 2.24) is 14.7 Å². The van der Waals surface area contributed by atoms with Gasteiger partial charge in [-0.25, -0.2) is 0 Å². The summed E-state index contributed by atoms with van der Waals surface area (Å²) in [7, 11) is 3.34. The van der Waals surface area contributed by atoms with Gasteiger partial charge in [-0.05, 0) is 20.8 Å². The molecule has 0 unspecified atom stereocenters. The zero-order chi connectivity index (χ0) is 17.5. The van der Waals surface area contributed by atoms with Crippen LogP contribution < -0.4 is 0 Å². The van der Waals surface area contributed by atoms with Gasteiger partial charge < -0.3 is 19.1 Å². The third-order valence-electron chi connectivity index (χ3n) is 4.94. The molecule has 0 aliphatic carbocycles. The van der Waals surface area contributed by atoms with Crippen molar-refractivity contribution >= 4 is 5.91 Å². The molecule has 2 atom stereocenters. The van der Waals surface area contributed by atoms with Crippen LogP contribution in [-0.4, -0.2) is 66.2 Å². The number of fused-ring (bicyclic) bond motifs is 1. The second-order valence-corrected chi connectivity index (χ2v) is 7.04. The summed E-state index contributed by atoms with van der Waals surface area (Å²) in [5.41, 5.74) is 2.34. The van der Waals surface area contributed by atoms with Crippen LogP contribution in [0.1, 0.15) is 48.6 Å². The number of ether oxygens (including phenoxy) is 3. The van der Waals surface area contributed by atoms with Gasteiger partial charge in [0.1, 0.15) is 11.3 Å². The number of hydrogen-bond acceptors (Lipinski definition) is 5. The fourth-order valence-corrected chi connectivity index (χ4v) is 3.56. The maximum absolute atomic E-state index is 13.1. The predicted molar refractivity (Wildman–Crippen MR) is 88.1 cm³/mol. The zero-order valence-corrected chi connectivity index (χ0v) is 15.2. The molecule has 0 radical (unpaired) electrons. The first kappa shape index (κ1) is 17.4. The molecule has 24 heavy (non-hydrogen) atoms. The van der Waals surface area contributed by atoms with Crippen molar-refractivity contribution in [2.24, 2.45) is 0 Å². The van der Waals surface area contributed by atoms with E-state index in [1.165, 1.54) is 0 Å². The number of nitrogens with zero attached hydrogens (tertiary/aromatic N) is 3. The van der Waals surface area contributed by atoms with E-state index in [2.05, 4.69) is 5.10 Å². The zero-order valence-electron chi connectivity index (χ0n) is 15.2. The highest BCUT2D eigenvalue weighted by atomic mass is 16.5. The van der Waals surface area contributed by atoms with Gasteiger partial charge in [0.15, 0.2) is 0 Å². The van der Waals surface area contributed by atoms with Gasteiger partial charge in [-0.3, -0.25) is 9.48 Å². The van der Waals surface area contributed by atoms with Crippen molar-refractivity contribution in [2.75, 3.05) is 33.9 Å². The van der Waals surface area contributed by atoms with Crippen LogP contribution in [0.2, 0.25) is 0 Å². The molecule has 134 valence electrons. The second kappa shape index (κ2) is 6.46. The second-order valence-electron chi connectivity index (χ2n) is 7.04. The minimum absolute atomic E-state index is 0.0238. The van der Waals surface area contributed by atoms with Gasteiger partial charge in [0.05, 0.1) is 44.1 Å². The Morgan fingerprint density at radius 1 is 1.38 bits per heavy atom. The van der Waals surface area contributed by atoms with Crippen LogP contribution in [0.4, 0.5) is 0 Å². The van der Waals surface area contributed by atoms with E-state index in [4.69, 9.17) is 14.2 Å². The number of carbonyl (C=O) groups is 1. The first-order valence-electron chi connectivity index (χ1n) is 8.47. The molecule has 1 aromatic rings. The molecule has 0 aromatic carbocycles. The predicted octanol–water partition coefficient (Wildman–Crippen LogP) is 1.41. The maximum atomic E-state index is 13.1. The maximum Gasteiger partial charge on any atom is 0.272 e. The van der Waals surface area contributed by atoms with Gasteiger partial charge in [-0.1, -0.05) is 0 Å². The van der Waals surface area contributed by atoms with Crippen molar-refractivity contribution in [3.05, 3.63) is 17.0 Å². The number of rotatable bonds is 5. The van der Waals surface area contributed by atoms with Crippen molar-refractivity contribution < 1.29 is 19.0 Å². The minimum Gasteiger partial charge on any atom is -0.383 e. The molecule has 0 bridgehead atoms. The van der Waals surface area contributed by atoms with Crippen LogP contribution in [-0.2, 0) is 27.2 Å². The van der Waals surface area contributed by atoms with E-state index in [-0.39, 0.29) is 23.7 Å². The summed E-state index contributed by atoms with van der Waals surface area (Å²) in [5, 5.41) is 4.65. The lowest BCUT2D eigenvalue weighted by atomic mass is 9.94. The number of carbonyl (C=O) groups excluding carboxylic acids is 1. The molecule has 7 heteroatoms. The number of hydrogen-bond donors (Lipinski definition) is 0. The molecule has 3 rings (SSSR count). The molecule has 1 amide bonds. The minimum atomic E-state index is -0.239. The lowest BCUT2D eigenvalue weighted by Crippen LogP contribution is -2.63. The monoisotopic (exact) mass is 337 g/mol. The lowest BCUT2D eigenvalue weighted by molar-refractivity contribution is -0.0951. The summed E-state index contributed by atoms with van der Waals surface area (Å²) in [5.74, 6) is 0.0238. The molecule has 2 aliphatic rings. The lowest BCUT2D eigenvalue weighted by Gasteiger charge is -2.46. The van der Waals surface area contributed by atoms with E-state index in [0.717, 1.165) is 11.3 Å². The Labute approximate surface area is 142 Å². The third-order valence-corrected chi connectivity index (χ3v) is 4.94. The Morgan fingerprint density at radius 3 is 2.71 bits per heavy atom. The van der Waals surface area contributed by atoms with Crippen LogP contribution in [0.3, 0.4) is 0 Å². The number of methoxy groups -OCH3 is 2. The van der Waals surface area contributed by atoms with E-state index in [9.17, 15) is 4.79 Å². The third kappa shape index (κ3) is 2.96. The quantitative estimate of drug-likeness (QED) is 0.813. The highest BCUT2D eigenvalue weighted by Crippen LogP contribution is 2.33. The van der Waals surface area contributed by atoms with Crippen molar-refractivity contribution in [1.29, 1.82) is 0 Å². The van der Waals surface area contributed by atoms with E-state index in [1.54, 1.807) is 18.9 Å². The largest absolute Gasteiger partial charge is 0.383 e. The summed E-state index contributed by atoms with van der Waals surface area (Å²) in [6.07, 6.45) is 0.697. The molecule has 7 nitrogen and oxygen atoms in total. The van der Waals surface area contributed by atoms with E-state index < -0.39 is 0 Å². The van der Waals surface area contributed by atoms with Crippen molar-refractivity contribution in [3.63, 3.8) is 0 Å². The molecule has 1 fully saturated rings. The van der Waals surface area contributed by atoms with Crippen LogP contribution in [0.15, 0.2) is 0 Å². The topological polar surface area (TPSA) is 65.8 Å². The number of aromatic nitrogens is 2. The van der Waals surface area contributed by atoms with E-state index in [0.29, 0.717) is 38.4 Å². The van der Waals surface area contributed by atoms with E-state index in [1.807, 2.05) is 25.7 Å². The van der Waals surface area contributed by atoms with E-state index >= 15 is 0 Å². The Balaban J connectivity index is 1.91. The first-order valence-corrected chi connectivity index (χ1v) is 8.47. The SMILES string of the molecule is COCCn1nc2c(c1C(=O)N1CC(C)(OC)C1)C[C@H](C)O[C@@H]2C. The Morgan fingerprint density at radius 2 is 2.08 bits per heavy atom. The molecular formula is C17H27N3O4. The summed E-state index contributed by atoms with van der Waals surface area (Å²) in [6.45, 7) is 8.32. The molecule has 2 aliphatic heterocycles. The Bertz CT molecular complexity index is 622. The number of likely N-dealkylation sites (tertiary alicyclic amines) is 1. The fraction of sp³-hybridized carbons (Fsp3) is 0.765. The van der Waals surface area contributed by atoms with Gasteiger partial charge in [0, 0.05) is 26.2 Å². The van der Waals surface area contributed by atoms with Gasteiger partial charge >= 0.3 is 0 Å². The molecular weight excluding hydrogens is 310 g/mol. The average molecular weight is 337 g/mol. The van der Waals surface area contributed by atoms with Gasteiger partial charge in [0.25, 0.3) is 5.91 Å². The highest BCUT2D eigenvalue weighted by Gasteiger charge is 2.44. The van der Waals surface area contributed by atoms with Gasteiger partial charge in [0.2, 0.25) is 0 Å². The van der Waals surface area contributed by atoms with Crippen molar-refractivity contribution in [3.8, 4) is 0 Å². The summed E-state index contributed by atoms with van der Waals surface area (Å²) in [6, 6.07) is 0. The normalized spacial score (nSPS) is 25.3. The Hall–Kier alpha value is -1.44. The smallest absolute Gasteiger partial charge is 0.272 e. The molecule has 0 spiro atoms. The molecule has 3 heterocycles. The fourth-order valence-electron chi connectivity index (χ4n) is 3.56. The van der Waals surface area contributed by atoms with Crippen LogP contribution in [0.5, 0.6) is 0 Å². The first-order chi connectivity index (χ1) is 11.4. The molecule has 1 saturated heterocycles. The Kier molecular flexibility index (Phi) is 4.68. The molecule has 1 aromatic heterocycles. The van der Waals surface area contributed by atoms with Crippen molar-refractivity contribution in [2.45, 2.75) is 51.5 Å². The van der Waals surface area contributed by atoms with Gasteiger partial charge in [-0.2, -0.15) is 5.10 Å². The van der Waals surface area contributed by atoms with Crippen LogP contribution >= 0.6 is 0 Å². The molecule has 0 N–H and O–H groups in total. The van der Waals surface area contributed by atoms with Crippen LogP contribution in [0.25, 0.3) is 0 Å². The highest BCUT2D eigenvalue weighted by molar-refractivity contribution is 5.95. The standard InChI is InChI=1S/C17H27N3O4/c1-11-8-13-14(12(2)24-11)18-20(6-7-22-4)15(13)16(21)19-9-17(3,10-19)23-5/h11-12H,6-10H2,1-5H3/t11-,12+/m0/s1. The van der Waals surface area contributed by atoms with Crippen LogP contribution in [0, 0.1) is 0 Å². The number of amides is 1. The van der Waals surface area contributed by atoms with Gasteiger partial charge in [-0.15, -0.1) is 0 Å². The summed E-state index contributed by atoms with van der Waals surface area (Å²) < 4.78 is 18.3.